The van der Waals surface area contributed by atoms with Crippen molar-refractivity contribution in [3.8, 4) is 5.75 Å². The molecule has 6 heteroatoms. The van der Waals surface area contributed by atoms with Crippen LogP contribution in [0.2, 0.25) is 0 Å². The summed E-state index contributed by atoms with van der Waals surface area (Å²) in [5.74, 6) is 1.55. The number of guanidine groups is 1. The summed E-state index contributed by atoms with van der Waals surface area (Å²) in [5, 5.41) is 16.9. The topological polar surface area (TPSA) is 69.1 Å². The van der Waals surface area contributed by atoms with E-state index in [-0.39, 0.29) is 6.10 Å². The molecule has 1 atom stereocenters. The quantitative estimate of drug-likeness (QED) is 0.416. The third kappa shape index (κ3) is 8.54. The Morgan fingerprint density at radius 2 is 1.77 bits per heavy atom. The Morgan fingerprint density at radius 3 is 2.31 bits per heavy atom. The fourth-order valence-electron chi connectivity index (χ4n) is 2.54. The number of nitrogens with one attached hydrogen (secondary N) is 2. The molecule has 0 heterocycles. The van der Waals surface area contributed by atoms with Crippen molar-refractivity contribution in [1.82, 2.24) is 15.5 Å². The van der Waals surface area contributed by atoms with Crippen molar-refractivity contribution >= 4 is 5.96 Å². The van der Waals surface area contributed by atoms with Crippen molar-refractivity contribution in [2.75, 3.05) is 39.3 Å². The Hall–Kier alpha value is -1.79. The first-order valence-electron chi connectivity index (χ1n) is 9.69. The van der Waals surface area contributed by atoms with Crippen LogP contribution in [0.4, 0.5) is 0 Å². The molecular formula is C20H36N4O2. The standard InChI is InChI=1S/C20H36N4O2/c1-6-21-20(22-13-14-24(7-2)8-3)23-15-19(25)17-9-11-18(12-10-17)26-16(4)5/h9-12,16,19,25H,6-8,13-15H2,1-5H3,(H2,21,22,23). The van der Waals surface area contributed by atoms with Crippen LogP contribution in [0.15, 0.2) is 29.3 Å². The summed E-state index contributed by atoms with van der Waals surface area (Å²) in [5.41, 5.74) is 0.837. The molecule has 0 aromatic heterocycles. The van der Waals surface area contributed by atoms with Gasteiger partial charge in [0.15, 0.2) is 5.96 Å². The second-order valence-corrected chi connectivity index (χ2v) is 6.42. The van der Waals surface area contributed by atoms with Crippen LogP contribution < -0.4 is 15.4 Å². The third-order valence-corrected chi connectivity index (χ3v) is 4.02. The van der Waals surface area contributed by atoms with E-state index in [1.54, 1.807) is 0 Å². The lowest BCUT2D eigenvalue weighted by molar-refractivity contribution is 0.186. The van der Waals surface area contributed by atoms with E-state index in [1.807, 2.05) is 45.0 Å². The Balaban J connectivity index is 2.56. The SMILES string of the molecule is CCNC(=NCC(O)c1ccc(OC(C)C)cc1)NCCN(CC)CC. The first kappa shape index (κ1) is 22.3. The summed E-state index contributed by atoms with van der Waals surface area (Å²) in [7, 11) is 0. The molecule has 1 unspecified atom stereocenters. The van der Waals surface area contributed by atoms with E-state index in [9.17, 15) is 5.11 Å². The van der Waals surface area contributed by atoms with Gasteiger partial charge in [-0.1, -0.05) is 26.0 Å². The van der Waals surface area contributed by atoms with E-state index in [4.69, 9.17) is 4.74 Å². The number of benzene rings is 1. The van der Waals surface area contributed by atoms with Gasteiger partial charge >= 0.3 is 0 Å². The Kier molecular flexibility index (Phi) is 10.7. The zero-order valence-corrected chi connectivity index (χ0v) is 17.0. The highest BCUT2D eigenvalue weighted by atomic mass is 16.5. The molecule has 0 aliphatic carbocycles. The van der Waals surface area contributed by atoms with Gasteiger partial charge in [0.2, 0.25) is 0 Å². The van der Waals surface area contributed by atoms with E-state index in [0.717, 1.165) is 50.0 Å². The zero-order chi connectivity index (χ0) is 19.4. The maximum atomic E-state index is 10.4. The number of ether oxygens (including phenoxy) is 1. The summed E-state index contributed by atoms with van der Waals surface area (Å²) in [6, 6.07) is 7.54. The van der Waals surface area contributed by atoms with Gasteiger partial charge in [0.25, 0.3) is 0 Å². The average Bonchev–Trinajstić information content (AvgIpc) is 2.63. The van der Waals surface area contributed by atoms with Crippen LogP contribution in [-0.4, -0.2) is 61.3 Å². The van der Waals surface area contributed by atoms with Crippen LogP contribution in [0, 0.1) is 0 Å². The molecule has 148 valence electrons. The van der Waals surface area contributed by atoms with Crippen molar-refractivity contribution < 1.29 is 9.84 Å². The van der Waals surface area contributed by atoms with Crippen molar-refractivity contribution in [3.05, 3.63) is 29.8 Å². The molecule has 0 aliphatic rings. The molecule has 0 saturated heterocycles. The molecule has 1 aromatic rings. The van der Waals surface area contributed by atoms with Gasteiger partial charge in [-0.3, -0.25) is 4.99 Å². The van der Waals surface area contributed by atoms with E-state index in [2.05, 4.69) is 34.4 Å². The minimum absolute atomic E-state index is 0.139. The number of aliphatic hydroxyl groups is 1. The summed E-state index contributed by atoms with van der Waals surface area (Å²) in [4.78, 5) is 6.86. The second kappa shape index (κ2) is 12.5. The van der Waals surface area contributed by atoms with Crippen LogP contribution in [0.25, 0.3) is 0 Å². The number of likely N-dealkylation sites (N-methyl/N-ethyl adjacent to an activating group) is 1. The van der Waals surface area contributed by atoms with Crippen LogP contribution in [-0.2, 0) is 0 Å². The summed E-state index contributed by atoms with van der Waals surface area (Å²) >= 11 is 0. The number of hydrogen-bond acceptors (Lipinski definition) is 4. The lowest BCUT2D eigenvalue weighted by Gasteiger charge is -2.19. The fourth-order valence-corrected chi connectivity index (χ4v) is 2.54. The summed E-state index contributed by atoms with van der Waals surface area (Å²) < 4.78 is 5.63. The van der Waals surface area contributed by atoms with Gasteiger partial charge in [-0.15, -0.1) is 0 Å². The van der Waals surface area contributed by atoms with E-state index >= 15 is 0 Å². The molecule has 0 amide bonds. The minimum atomic E-state index is -0.638. The Labute approximate surface area is 158 Å². The van der Waals surface area contributed by atoms with Gasteiger partial charge in [-0.2, -0.15) is 0 Å². The van der Waals surface area contributed by atoms with Gasteiger partial charge in [-0.05, 0) is 51.6 Å². The highest BCUT2D eigenvalue weighted by Crippen LogP contribution is 2.19. The molecule has 0 bridgehead atoms. The van der Waals surface area contributed by atoms with Crippen LogP contribution in [0.5, 0.6) is 5.75 Å². The monoisotopic (exact) mass is 364 g/mol. The largest absolute Gasteiger partial charge is 0.491 e. The van der Waals surface area contributed by atoms with E-state index < -0.39 is 6.10 Å². The van der Waals surface area contributed by atoms with Crippen molar-refractivity contribution in [1.29, 1.82) is 0 Å². The molecule has 0 aliphatic heterocycles. The van der Waals surface area contributed by atoms with Crippen LogP contribution in [0.3, 0.4) is 0 Å². The van der Waals surface area contributed by atoms with Gasteiger partial charge < -0.3 is 25.4 Å². The Morgan fingerprint density at radius 1 is 1.12 bits per heavy atom. The molecule has 26 heavy (non-hydrogen) atoms. The molecule has 1 aromatic carbocycles. The van der Waals surface area contributed by atoms with Gasteiger partial charge in [0.05, 0.1) is 18.8 Å². The molecule has 0 saturated carbocycles. The van der Waals surface area contributed by atoms with Gasteiger partial charge in [0.1, 0.15) is 5.75 Å². The summed E-state index contributed by atoms with van der Waals surface area (Å²) in [6.07, 6.45) is -0.498. The van der Waals surface area contributed by atoms with Crippen LogP contribution in [0.1, 0.15) is 46.3 Å². The van der Waals surface area contributed by atoms with Crippen molar-refractivity contribution in [3.63, 3.8) is 0 Å². The first-order valence-corrected chi connectivity index (χ1v) is 9.69. The predicted octanol–water partition coefficient (Wildman–Crippen LogP) is 2.40. The number of nitrogens with zero attached hydrogens (tertiary/aromatic N) is 2. The van der Waals surface area contributed by atoms with Crippen molar-refractivity contribution in [2.24, 2.45) is 4.99 Å². The van der Waals surface area contributed by atoms with Crippen molar-refractivity contribution in [2.45, 2.75) is 46.8 Å². The van der Waals surface area contributed by atoms with E-state index in [0.29, 0.717) is 6.54 Å². The van der Waals surface area contributed by atoms with Gasteiger partial charge in [0, 0.05) is 19.6 Å². The number of hydrogen-bond donors (Lipinski definition) is 3. The number of aliphatic imine (C=N–C) groups is 1. The normalized spacial score (nSPS) is 13.2. The minimum Gasteiger partial charge on any atom is -0.491 e. The predicted molar refractivity (Wildman–Crippen MR) is 109 cm³/mol. The molecule has 0 radical (unpaired) electrons. The molecule has 0 fully saturated rings. The lowest BCUT2D eigenvalue weighted by atomic mass is 10.1. The lowest BCUT2D eigenvalue weighted by Crippen LogP contribution is -2.41. The summed E-state index contributed by atoms with van der Waals surface area (Å²) in [6.45, 7) is 15.3. The highest BCUT2D eigenvalue weighted by molar-refractivity contribution is 5.79. The first-order chi connectivity index (χ1) is 12.5. The number of aliphatic hydroxyl groups excluding tert-OH is 1. The average molecular weight is 365 g/mol. The van der Waals surface area contributed by atoms with E-state index in [1.165, 1.54) is 0 Å². The smallest absolute Gasteiger partial charge is 0.191 e. The zero-order valence-electron chi connectivity index (χ0n) is 17.0. The molecule has 1 rings (SSSR count). The maximum absolute atomic E-state index is 10.4. The number of rotatable bonds is 11. The van der Waals surface area contributed by atoms with Gasteiger partial charge in [-0.25, -0.2) is 0 Å². The molecule has 6 nitrogen and oxygen atoms in total. The highest BCUT2D eigenvalue weighted by Gasteiger charge is 2.08. The third-order valence-electron chi connectivity index (χ3n) is 4.02. The fraction of sp³-hybridized carbons (Fsp3) is 0.650. The second-order valence-electron chi connectivity index (χ2n) is 6.42. The molecule has 3 N–H and O–H groups in total. The maximum Gasteiger partial charge on any atom is 0.191 e. The van der Waals surface area contributed by atoms with Crippen LogP contribution >= 0.6 is 0 Å². The molecule has 0 spiro atoms. The molecular weight excluding hydrogens is 328 g/mol. The Bertz CT molecular complexity index is 513.